The van der Waals surface area contributed by atoms with E-state index in [9.17, 15) is 5.11 Å². The predicted octanol–water partition coefficient (Wildman–Crippen LogP) is 2.69. The molecule has 0 radical (unpaired) electrons. The minimum absolute atomic E-state index is 0.228. The highest BCUT2D eigenvalue weighted by atomic mass is 35.5. The first-order valence-corrected chi connectivity index (χ1v) is 6.74. The molecular formula is C14H20ClNO2. The summed E-state index contributed by atoms with van der Waals surface area (Å²) in [5.41, 5.74) is 1.76. The second-order valence-corrected chi connectivity index (χ2v) is 5.30. The highest BCUT2D eigenvalue weighted by Gasteiger charge is 2.25. The molecule has 2 rings (SSSR count). The van der Waals surface area contributed by atoms with Crippen LogP contribution in [0.3, 0.4) is 0 Å². The van der Waals surface area contributed by atoms with Gasteiger partial charge in [0.25, 0.3) is 0 Å². The molecule has 1 fully saturated rings. The quantitative estimate of drug-likeness (QED) is 0.887. The molecule has 100 valence electrons. The standard InChI is InChI=1S/C14H20ClNO2/c1-9-6-13(18-2)11(7-12(9)15)14(17)10-4-3-5-16-8-10/h6-7,10,14,16-17H,3-5,8H2,1-2H3. The molecule has 0 bridgehead atoms. The number of ether oxygens (including phenoxy) is 1. The monoisotopic (exact) mass is 269 g/mol. The van der Waals surface area contributed by atoms with Crippen LogP contribution >= 0.6 is 11.6 Å². The molecule has 2 N–H and O–H groups in total. The number of benzene rings is 1. The third-order valence-corrected chi connectivity index (χ3v) is 4.02. The van der Waals surface area contributed by atoms with Crippen molar-refractivity contribution in [3.63, 3.8) is 0 Å². The number of halogens is 1. The third kappa shape index (κ3) is 2.79. The number of methoxy groups -OCH3 is 1. The van der Waals surface area contributed by atoms with Crippen LogP contribution in [-0.2, 0) is 0 Å². The summed E-state index contributed by atoms with van der Waals surface area (Å²) in [5, 5.41) is 14.5. The molecule has 1 aliphatic heterocycles. The first-order chi connectivity index (χ1) is 8.63. The molecule has 0 aliphatic carbocycles. The van der Waals surface area contributed by atoms with Crippen molar-refractivity contribution in [3.05, 3.63) is 28.3 Å². The number of nitrogens with one attached hydrogen (secondary N) is 1. The maximum absolute atomic E-state index is 10.5. The van der Waals surface area contributed by atoms with Gasteiger partial charge in [-0.25, -0.2) is 0 Å². The number of aryl methyl sites for hydroxylation is 1. The molecule has 4 heteroatoms. The molecule has 1 aromatic rings. The molecular weight excluding hydrogens is 250 g/mol. The van der Waals surface area contributed by atoms with Gasteiger partial charge in [0.15, 0.2) is 0 Å². The first-order valence-electron chi connectivity index (χ1n) is 6.36. The largest absolute Gasteiger partial charge is 0.496 e. The lowest BCUT2D eigenvalue weighted by atomic mass is 9.88. The van der Waals surface area contributed by atoms with Gasteiger partial charge in [0.1, 0.15) is 5.75 Å². The summed E-state index contributed by atoms with van der Waals surface area (Å²) in [6, 6.07) is 3.71. The second kappa shape index (κ2) is 5.91. The van der Waals surface area contributed by atoms with E-state index in [4.69, 9.17) is 16.3 Å². The van der Waals surface area contributed by atoms with Crippen molar-refractivity contribution in [1.29, 1.82) is 0 Å². The van der Waals surface area contributed by atoms with Crippen molar-refractivity contribution in [2.75, 3.05) is 20.2 Å². The summed E-state index contributed by atoms with van der Waals surface area (Å²) >= 11 is 6.14. The summed E-state index contributed by atoms with van der Waals surface area (Å²) in [6.45, 7) is 3.81. The molecule has 0 aromatic heterocycles. The number of hydrogen-bond acceptors (Lipinski definition) is 3. The highest BCUT2D eigenvalue weighted by molar-refractivity contribution is 6.31. The Morgan fingerprint density at radius 1 is 1.50 bits per heavy atom. The van der Waals surface area contributed by atoms with Crippen molar-refractivity contribution in [3.8, 4) is 5.75 Å². The van der Waals surface area contributed by atoms with Gasteiger partial charge in [-0.3, -0.25) is 0 Å². The Morgan fingerprint density at radius 3 is 2.89 bits per heavy atom. The van der Waals surface area contributed by atoms with E-state index in [1.165, 1.54) is 0 Å². The van der Waals surface area contributed by atoms with Crippen LogP contribution in [0.2, 0.25) is 5.02 Å². The summed E-state index contributed by atoms with van der Waals surface area (Å²) in [5.74, 6) is 0.946. The number of rotatable bonds is 3. The van der Waals surface area contributed by atoms with Gasteiger partial charge in [-0.1, -0.05) is 11.6 Å². The Labute approximate surface area is 113 Å². The van der Waals surface area contributed by atoms with Crippen LogP contribution < -0.4 is 10.1 Å². The summed E-state index contributed by atoms with van der Waals surface area (Å²) in [7, 11) is 1.62. The van der Waals surface area contributed by atoms with Crippen molar-refractivity contribution < 1.29 is 9.84 Å². The van der Waals surface area contributed by atoms with Crippen LogP contribution in [0.1, 0.15) is 30.1 Å². The molecule has 0 amide bonds. The number of piperidine rings is 1. The van der Waals surface area contributed by atoms with E-state index >= 15 is 0 Å². The van der Waals surface area contributed by atoms with Crippen molar-refractivity contribution >= 4 is 11.6 Å². The summed E-state index contributed by atoms with van der Waals surface area (Å²) in [4.78, 5) is 0. The number of aliphatic hydroxyl groups is 1. The average molecular weight is 270 g/mol. The minimum atomic E-state index is -0.522. The molecule has 1 aromatic carbocycles. The van der Waals surface area contributed by atoms with Gasteiger partial charge in [-0.2, -0.15) is 0 Å². The molecule has 2 unspecified atom stereocenters. The van der Waals surface area contributed by atoms with Crippen LogP contribution in [0.15, 0.2) is 12.1 Å². The smallest absolute Gasteiger partial charge is 0.125 e. The lowest BCUT2D eigenvalue weighted by Gasteiger charge is -2.28. The van der Waals surface area contributed by atoms with Gasteiger partial charge in [0.2, 0.25) is 0 Å². The number of hydrogen-bond donors (Lipinski definition) is 2. The second-order valence-electron chi connectivity index (χ2n) is 4.89. The maximum Gasteiger partial charge on any atom is 0.125 e. The normalized spacial score (nSPS) is 21.7. The Bertz CT molecular complexity index is 417. The zero-order valence-corrected chi connectivity index (χ0v) is 11.6. The first kappa shape index (κ1) is 13.7. The predicted molar refractivity (Wildman–Crippen MR) is 73.3 cm³/mol. The van der Waals surface area contributed by atoms with E-state index in [1.54, 1.807) is 7.11 Å². The van der Waals surface area contributed by atoms with E-state index in [2.05, 4.69) is 5.32 Å². The molecule has 18 heavy (non-hydrogen) atoms. The molecule has 0 spiro atoms. The van der Waals surface area contributed by atoms with Crippen molar-refractivity contribution in [2.24, 2.45) is 5.92 Å². The third-order valence-electron chi connectivity index (χ3n) is 3.61. The average Bonchev–Trinajstić information content (AvgIpc) is 2.41. The van der Waals surface area contributed by atoms with Gasteiger partial charge in [-0.15, -0.1) is 0 Å². The minimum Gasteiger partial charge on any atom is -0.496 e. The lowest BCUT2D eigenvalue weighted by molar-refractivity contribution is 0.0896. The summed E-state index contributed by atoms with van der Waals surface area (Å²) in [6.07, 6.45) is 1.61. The topological polar surface area (TPSA) is 41.5 Å². The molecule has 1 heterocycles. The van der Waals surface area contributed by atoms with Crippen LogP contribution in [-0.4, -0.2) is 25.3 Å². The lowest BCUT2D eigenvalue weighted by Crippen LogP contribution is -2.33. The Balaban J connectivity index is 2.27. The van der Waals surface area contributed by atoms with Crippen LogP contribution in [0, 0.1) is 12.8 Å². The zero-order chi connectivity index (χ0) is 13.1. The fourth-order valence-electron chi connectivity index (χ4n) is 2.48. The fraction of sp³-hybridized carbons (Fsp3) is 0.571. The van der Waals surface area contributed by atoms with E-state index < -0.39 is 6.10 Å². The van der Waals surface area contributed by atoms with Gasteiger partial charge < -0.3 is 15.2 Å². The van der Waals surface area contributed by atoms with Crippen LogP contribution in [0.4, 0.5) is 0 Å². The zero-order valence-electron chi connectivity index (χ0n) is 10.9. The maximum atomic E-state index is 10.5. The molecule has 1 aliphatic rings. The fourth-order valence-corrected chi connectivity index (χ4v) is 2.65. The van der Waals surface area contributed by atoms with Gasteiger partial charge >= 0.3 is 0 Å². The van der Waals surface area contributed by atoms with Gasteiger partial charge in [0, 0.05) is 23.0 Å². The van der Waals surface area contributed by atoms with Gasteiger partial charge in [0.05, 0.1) is 13.2 Å². The SMILES string of the molecule is COc1cc(C)c(Cl)cc1C(O)C1CCCNC1. The van der Waals surface area contributed by atoms with E-state index in [0.29, 0.717) is 5.02 Å². The Kier molecular flexibility index (Phi) is 4.49. The molecule has 2 atom stereocenters. The molecule has 3 nitrogen and oxygen atoms in total. The Morgan fingerprint density at radius 2 is 2.28 bits per heavy atom. The van der Waals surface area contributed by atoms with Crippen LogP contribution in [0.25, 0.3) is 0 Å². The number of aliphatic hydroxyl groups excluding tert-OH is 1. The van der Waals surface area contributed by atoms with E-state index in [-0.39, 0.29) is 5.92 Å². The van der Waals surface area contributed by atoms with Crippen molar-refractivity contribution in [1.82, 2.24) is 5.32 Å². The van der Waals surface area contributed by atoms with E-state index in [0.717, 1.165) is 42.8 Å². The summed E-state index contributed by atoms with van der Waals surface area (Å²) < 4.78 is 5.35. The Hall–Kier alpha value is -0.770. The van der Waals surface area contributed by atoms with E-state index in [1.807, 2.05) is 19.1 Å². The van der Waals surface area contributed by atoms with Crippen molar-refractivity contribution in [2.45, 2.75) is 25.9 Å². The highest BCUT2D eigenvalue weighted by Crippen LogP contribution is 2.36. The van der Waals surface area contributed by atoms with Gasteiger partial charge in [-0.05, 0) is 44.0 Å². The molecule has 1 saturated heterocycles. The van der Waals surface area contributed by atoms with Crippen LogP contribution in [0.5, 0.6) is 5.75 Å². The molecule has 0 saturated carbocycles.